The van der Waals surface area contributed by atoms with Gasteiger partial charge in [0.05, 0.1) is 23.3 Å². The highest BCUT2D eigenvalue weighted by Gasteiger charge is 2.24. The molecule has 0 atom stereocenters. The number of aromatic carboxylic acids is 1. The van der Waals surface area contributed by atoms with Crippen LogP contribution in [0.2, 0.25) is 0 Å². The molecule has 0 saturated heterocycles. The van der Waals surface area contributed by atoms with Crippen LogP contribution in [-0.2, 0) is 0 Å². The Morgan fingerprint density at radius 1 is 1.12 bits per heavy atom. The van der Waals surface area contributed by atoms with Gasteiger partial charge in [-0.2, -0.15) is 0 Å². The molecule has 3 N–H and O–H groups in total. The first-order chi connectivity index (χ1) is 12.1. The van der Waals surface area contributed by atoms with E-state index in [9.17, 15) is 29.9 Å². The van der Waals surface area contributed by atoms with Gasteiger partial charge in [0.1, 0.15) is 5.56 Å². The third-order valence-corrected chi connectivity index (χ3v) is 3.59. The molecule has 26 heavy (non-hydrogen) atoms. The highest BCUT2D eigenvalue weighted by atomic mass is 16.6. The van der Waals surface area contributed by atoms with E-state index in [4.69, 9.17) is 4.74 Å². The quantitative estimate of drug-likeness (QED) is 0.550. The number of hydrogen-bond acceptors (Lipinski definition) is 6. The summed E-state index contributed by atoms with van der Waals surface area (Å²) in [5.41, 5.74) is -0.0320. The van der Waals surface area contributed by atoms with E-state index >= 15 is 0 Å². The standard InChI is InChI=1S/C17H16N2O7/c1-8-5-11(17(22)23)15(26-3)12(6-8)18-16(21)10-4-9(2)7-13(14(10)20)19(24)25/h4-7,20H,1-3H3,(H,18,21)(H,22,23). The molecule has 0 unspecified atom stereocenters. The zero-order chi connectivity index (χ0) is 19.6. The fourth-order valence-electron chi connectivity index (χ4n) is 2.51. The van der Waals surface area contributed by atoms with Crippen LogP contribution in [0.1, 0.15) is 31.8 Å². The Balaban J connectivity index is 2.52. The van der Waals surface area contributed by atoms with Gasteiger partial charge < -0.3 is 20.3 Å². The van der Waals surface area contributed by atoms with E-state index in [1.807, 2.05) is 0 Å². The zero-order valence-electron chi connectivity index (χ0n) is 14.2. The first-order valence-electron chi connectivity index (χ1n) is 7.37. The van der Waals surface area contributed by atoms with Crippen molar-refractivity contribution in [1.82, 2.24) is 0 Å². The molecule has 0 saturated carbocycles. The Bertz CT molecular complexity index is 922. The number of amides is 1. The number of aromatic hydroxyl groups is 1. The van der Waals surface area contributed by atoms with Crippen molar-refractivity contribution in [2.75, 3.05) is 12.4 Å². The number of benzene rings is 2. The molecule has 2 rings (SSSR count). The minimum absolute atomic E-state index is 0.0680. The number of ether oxygens (including phenoxy) is 1. The fraction of sp³-hybridized carbons (Fsp3) is 0.176. The summed E-state index contributed by atoms with van der Waals surface area (Å²) < 4.78 is 5.08. The number of carbonyl (C=O) groups is 2. The number of phenolic OH excluding ortho intramolecular Hbond substituents is 1. The number of aryl methyl sites for hydroxylation is 2. The molecule has 0 spiro atoms. The topological polar surface area (TPSA) is 139 Å². The van der Waals surface area contributed by atoms with Crippen LogP contribution in [0, 0.1) is 24.0 Å². The molecule has 9 heteroatoms. The molecule has 0 heterocycles. The van der Waals surface area contributed by atoms with Crippen LogP contribution >= 0.6 is 0 Å². The second kappa shape index (κ2) is 7.09. The third-order valence-electron chi connectivity index (χ3n) is 3.59. The number of phenols is 1. The predicted octanol–water partition coefficient (Wildman–Crippen LogP) is 2.88. The minimum Gasteiger partial charge on any atom is -0.502 e. The van der Waals surface area contributed by atoms with E-state index in [2.05, 4.69) is 5.32 Å². The number of carbonyl (C=O) groups excluding carboxylic acids is 1. The zero-order valence-corrected chi connectivity index (χ0v) is 14.2. The van der Waals surface area contributed by atoms with Crippen molar-refractivity contribution in [1.29, 1.82) is 0 Å². The van der Waals surface area contributed by atoms with Crippen molar-refractivity contribution in [3.8, 4) is 11.5 Å². The van der Waals surface area contributed by atoms with Crippen LogP contribution < -0.4 is 10.1 Å². The second-order valence-electron chi connectivity index (χ2n) is 5.59. The van der Waals surface area contributed by atoms with Crippen molar-refractivity contribution < 1.29 is 29.5 Å². The van der Waals surface area contributed by atoms with Gasteiger partial charge in [-0.3, -0.25) is 14.9 Å². The number of rotatable bonds is 5. The Morgan fingerprint density at radius 2 is 1.69 bits per heavy atom. The maximum atomic E-state index is 12.5. The van der Waals surface area contributed by atoms with Gasteiger partial charge in [-0.15, -0.1) is 0 Å². The molecule has 0 aliphatic heterocycles. The van der Waals surface area contributed by atoms with E-state index in [1.165, 1.54) is 25.3 Å². The van der Waals surface area contributed by atoms with Crippen LogP contribution in [0.4, 0.5) is 11.4 Å². The van der Waals surface area contributed by atoms with Gasteiger partial charge in [0.25, 0.3) is 5.91 Å². The van der Waals surface area contributed by atoms with Crippen LogP contribution in [0.3, 0.4) is 0 Å². The number of hydrogen-bond donors (Lipinski definition) is 3. The number of methoxy groups -OCH3 is 1. The molecule has 2 aromatic carbocycles. The lowest BCUT2D eigenvalue weighted by Crippen LogP contribution is -2.15. The van der Waals surface area contributed by atoms with Gasteiger partial charge in [-0.05, 0) is 43.2 Å². The lowest BCUT2D eigenvalue weighted by molar-refractivity contribution is -0.385. The molecule has 0 aliphatic rings. The third kappa shape index (κ3) is 3.56. The Morgan fingerprint density at radius 3 is 2.23 bits per heavy atom. The second-order valence-corrected chi connectivity index (χ2v) is 5.59. The largest absolute Gasteiger partial charge is 0.502 e. The summed E-state index contributed by atoms with van der Waals surface area (Å²) >= 11 is 0. The normalized spacial score (nSPS) is 10.3. The molecule has 136 valence electrons. The molecule has 9 nitrogen and oxygen atoms in total. The number of carboxylic acid groups (broad SMARTS) is 1. The molecule has 2 aromatic rings. The van der Waals surface area contributed by atoms with Gasteiger partial charge in [-0.25, -0.2) is 4.79 Å². The SMILES string of the molecule is COc1c(NC(=O)c2cc(C)cc([N+](=O)[O-])c2O)cc(C)cc1C(=O)O. The van der Waals surface area contributed by atoms with E-state index in [0.29, 0.717) is 11.1 Å². The smallest absolute Gasteiger partial charge is 0.339 e. The lowest BCUT2D eigenvalue weighted by atomic mass is 10.1. The molecule has 0 aromatic heterocycles. The summed E-state index contributed by atoms with van der Waals surface area (Å²) in [6.07, 6.45) is 0. The van der Waals surface area contributed by atoms with E-state index < -0.39 is 28.2 Å². The first-order valence-corrected chi connectivity index (χ1v) is 7.37. The van der Waals surface area contributed by atoms with Gasteiger partial charge in [0.2, 0.25) is 5.75 Å². The number of carboxylic acids is 1. The van der Waals surface area contributed by atoms with Crippen molar-refractivity contribution in [3.05, 3.63) is 56.6 Å². The molecule has 1 amide bonds. The molecular formula is C17H16N2O7. The number of nitrogens with zero attached hydrogens (tertiary/aromatic N) is 1. The van der Waals surface area contributed by atoms with Gasteiger partial charge >= 0.3 is 11.7 Å². The van der Waals surface area contributed by atoms with Gasteiger partial charge in [-0.1, -0.05) is 0 Å². The maximum absolute atomic E-state index is 12.5. The van der Waals surface area contributed by atoms with Crippen molar-refractivity contribution in [3.63, 3.8) is 0 Å². The molecular weight excluding hydrogens is 344 g/mol. The Labute approximate surface area is 148 Å². The van der Waals surface area contributed by atoms with E-state index in [1.54, 1.807) is 13.8 Å². The van der Waals surface area contributed by atoms with Crippen LogP contribution in [0.5, 0.6) is 11.5 Å². The maximum Gasteiger partial charge on any atom is 0.339 e. The highest BCUT2D eigenvalue weighted by molar-refractivity contribution is 6.08. The molecule has 0 fully saturated rings. The number of anilines is 1. The number of nitro benzene ring substituents is 1. The summed E-state index contributed by atoms with van der Waals surface area (Å²) in [6.45, 7) is 3.18. The minimum atomic E-state index is -1.24. The summed E-state index contributed by atoms with van der Waals surface area (Å²) in [4.78, 5) is 34.1. The lowest BCUT2D eigenvalue weighted by Gasteiger charge is -2.14. The molecule has 0 radical (unpaired) electrons. The highest BCUT2D eigenvalue weighted by Crippen LogP contribution is 2.34. The summed E-state index contributed by atoms with van der Waals surface area (Å²) in [6, 6.07) is 5.30. The monoisotopic (exact) mass is 360 g/mol. The summed E-state index contributed by atoms with van der Waals surface area (Å²) in [5.74, 6) is -2.93. The first kappa shape index (κ1) is 18.7. The average molecular weight is 360 g/mol. The van der Waals surface area contributed by atoms with E-state index in [-0.39, 0.29) is 22.6 Å². The van der Waals surface area contributed by atoms with Crippen LogP contribution in [-0.4, -0.2) is 34.1 Å². The molecule has 0 bridgehead atoms. The Hall–Kier alpha value is -3.62. The van der Waals surface area contributed by atoms with Crippen LogP contribution in [0.25, 0.3) is 0 Å². The van der Waals surface area contributed by atoms with Crippen molar-refractivity contribution >= 4 is 23.3 Å². The predicted molar refractivity (Wildman–Crippen MR) is 92.1 cm³/mol. The fourth-order valence-corrected chi connectivity index (χ4v) is 2.51. The molecule has 0 aliphatic carbocycles. The van der Waals surface area contributed by atoms with Crippen molar-refractivity contribution in [2.45, 2.75) is 13.8 Å². The number of nitro groups is 1. The number of nitrogens with one attached hydrogen (secondary N) is 1. The van der Waals surface area contributed by atoms with Crippen molar-refractivity contribution in [2.24, 2.45) is 0 Å². The summed E-state index contributed by atoms with van der Waals surface area (Å²) in [7, 11) is 1.25. The summed E-state index contributed by atoms with van der Waals surface area (Å²) in [5, 5.41) is 32.7. The Kier molecular flexibility index (Phi) is 5.11. The van der Waals surface area contributed by atoms with Gasteiger partial charge in [0, 0.05) is 6.07 Å². The van der Waals surface area contributed by atoms with Crippen LogP contribution in [0.15, 0.2) is 24.3 Å². The van der Waals surface area contributed by atoms with E-state index in [0.717, 1.165) is 6.07 Å². The van der Waals surface area contributed by atoms with Gasteiger partial charge in [0.15, 0.2) is 5.75 Å². The average Bonchev–Trinajstić information content (AvgIpc) is 2.55.